The normalized spacial score (nSPS) is 24.7. The summed E-state index contributed by atoms with van der Waals surface area (Å²) in [7, 11) is 0. The van der Waals surface area contributed by atoms with E-state index < -0.39 is 29.3 Å². The van der Waals surface area contributed by atoms with Crippen LogP contribution in [-0.2, 0) is 15.1 Å². The first-order valence-corrected chi connectivity index (χ1v) is 13.3. The molecule has 2 amide bonds. The molecular weight excluding hydrogens is 508 g/mol. The molecule has 4 atom stereocenters. The van der Waals surface area contributed by atoms with Crippen LogP contribution in [0.3, 0.4) is 0 Å². The van der Waals surface area contributed by atoms with Crippen molar-refractivity contribution in [3.8, 4) is 5.69 Å². The highest BCUT2D eigenvalue weighted by molar-refractivity contribution is 6.23. The molecule has 200 valence electrons. The van der Waals surface area contributed by atoms with Crippen molar-refractivity contribution in [1.29, 1.82) is 0 Å². The van der Waals surface area contributed by atoms with E-state index in [2.05, 4.69) is 19.2 Å². The number of hydrogen-bond acceptors (Lipinski definition) is 6. The topological polar surface area (TPSA) is 122 Å². The molecule has 1 spiro atoms. The number of benzene rings is 3. The highest BCUT2D eigenvalue weighted by Gasteiger charge is 2.69. The lowest BCUT2D eigenvalue weighted by atomic mass is 9.75. The number of nitrogens with one attached hydrogen (secondary N) is 1. The zero-order valence-corrected chi connectivity index (χ0v) is 21.9. The predicted octanol–water partition coefficient (Wildman–Crippen LogP) is 3.46. The Balaban J connectivity index is 1.48. The number of rotatable bonds is 4. The third kappa shape index (κ3) is 3.09. The van der Waals surface area contributed by atoms with E-state index >= 15 is 0 Å². The average Bonchev–Trinajstić information content (AvgIpc) is 3.51. The minimum Gasteiger partial charge on any atom is -0.478 e. The number of fused-ring (bicyclic) bond motifs is 8. The van der Waals surface area contributed by atoms with Crippen LogP contribution in [0.4, 0.5) is 5.69 Å². The summed E-state index contributed by atoms with van der Waals surface area (Å²) in [5.41, 5.74) is 0.855. The van der Waals surface area contributed by atoms with Gasteiger partial charge in [-0.05, 0) is 54.8 Å². The maximum absolute atomic E-state index is 14.4. The Morgan fingerprint density at radius 1 is 0.975 bits per heavy atom. The second kappa shape index (κ2) is 8.43. The van der Waals surface area contributed by atoms with Crippen molar-refractivity contribution >= 4 is 34.4 Å². The lowest BCUT2D eigenvalue weighted by Gasteiger charge is -2.32. The Hall–Kier alpha value is -4.63. The molecule has 3 aromatic carbocycles. The Labute approximate surface area is 229 Å². The van der Waals surface area contributed by atoms with Crippen molar-refractivity contribution < 1.29 is 19.5 Å². The molecule has 0 unspecified atom stereocenters. The van der Waals surface area contributed by atoms with Crippen molar-refractivity contribution in [3.05, 3.63) is 100 Å². The molecule has 0 bridgehead atoms. The third-order valence-electron chi connectivity index (χ3n) is 8.46. The molecule has 0 aliphatic carbocycles. The molecule has 4 heterocycles. The molecule has 9 heteroatoms. The molecule has 3 aliphatic heterocycles. The maximum atomic E-state index is 14.4. The number of carboxylic acid groups (broad SMARTS) is 1. The first kappa shape index (κ1) is 24.4. The van der Waals surface area contributed by atoms with Gasteiger partial charge in [-0.1, -0.05) is 44.2 Å². The van der Waals surface area contributed by atoms with Gasteiger partial charge in [0.05, 0.1) is 39.7 Å². The Kier molecular flexibility index (Phi) is 5.15. The van der Waals surface area contributed by atoms with Gasteiger partial charge < -0.3 is 5.11 Å². The fourth-order valence-electron chi connectivity index (χ4n) is 6.94. The van der Waals surface area contributed by atoms with E-state index in [0.717, 1.165) is 5.56 Å². The third-order valence-corrected chi connectivity index (χ3v) is 8.46. The first-order valence-electron chi connectivity index (χ1n) is 13.3. The van der Waals surface area contributed by atoms with Crippen LogP contribution >= 0.6 is 0 Å². The van der Waals surface area contributed by atoms with Crippen LogP contribution in [0.1, 0.15) is 42.0 Å². The van der Waals surface area contributed by atoms with Gasteiger partial charge in [0.25, 0.3) is 5.56 Å². The van der Waals surface area contributed by atoms with Gasteiger partial charge in [-0.15, -0.1) is 0 Å². The van der Waals surface area contributed by atoms with Crippen LogP contribution < -0.4 is 15.8 Å². The molecular formula is C31H26N4O5. The van der Waals surface area contributed by atoms with Crippen LogP contribution in [0.5, 0.6) is 0 Å². The summed E-state index contributed by atoms with van der Waals surface area (Å²) in [4.78, 5) is 60.0. The number of amides is 2. The van der Waals surface area contributed by atoms with E-state index in [1.165, 1.54) is 29.2 Å². The van der Waals surface area contributed by atoms with Crippen LogP contribution in [0, 0.1) is 17.8 Å². The predicted molar refractivity (Wildman–Crippen MR) is 147 cm³/mol. The van der Waals surface area contributed by atoms with Crippen molar-refractivity contribution in [2.75, 3.05) is 4.90 Å². The molecule has 2 N–H and O–H groups in total. The van der Waals surface area contributed by atoms with Crippen LogP contribution in [0.2, 0.25) is 0 Å². The number of carbonyl (C=O) groups excluding carboxylic acids is 2. The van der Waals surface area contributed by atoms with E-state index in [0.29, 0.717) is 34.5 Å². The summed E-state index contributed by atoms with van der Waals surface area (Å²) < 4.78 is 1.58. The summed E-state index contributed by atoms with van der Waals surface area (Å²) in [6, 6.07) is 20.0. The monoisotopic (exact) mass is 534 g/mol. The molecule has 0 saturated carbocycles. The van der Waals surface area contributed by atoms with Gasteiger partial charge in [0, 0.05) is 11.6 Å². The number of nitrogens with zero attached hydrogens (tertiary/aromatic N) is 3. The molecule has 9 nitrogen and oxygen atoms in total. The van der Waals surface area contributed by atoms with Gasteiger partial charge in [-0.2, -0.15) is 0 Å². The zero-order chi connectivity index (χ0) is 27.9. The van der Waals surface area contributed by atoms with Gasteiger partial charge in [0.2, 0.25) is 11.8 Å². The fourth-order valence-corrected chi connectivity index (χ4v) is 6.94. The first-order chi connectivity index (χ1) is 19.2. The molecule has 7 rings (SSSR count). The highest BCUT2D eigenvalue weighted by Crippen LogP contribution is 2.56. The molecule has 2 fully saturated rings. The van der Waals surface area contributed by atoms with Gasteiger partial charge in [-0.3, -0.25) is 24.3 Å². The smallest absolute Gasteiger partial charge is 0.335 e. The fraction of sp³-hybridized carbons (Fsp3) is 0.258. The minimum atomic E-state index is -1.20. The molecule has 40 heavy (non-hydrogen) atoms. The van der Waals surface area contributed by atoms with Crippen molar-refractivity contribution in [1.82, 2.24) is 14.9 Å². The van der Waals surface area contributed by atoms with E-state index in [1.807, 2.05) is 30.3 Å². The van der Waals surface area contributed by atoms with E-state index in [9.17, 15) is 24.3 Å². The summed E-state index contributed by atoms with van der Waals surface area (Å²) in [5.74, 6) is -2.76. The quantitative estimate of drug-likeness (QED) is 0.385. The van der Waals surface area contributed by atoms with Crippen LogP contribution in [0.15, 0.2) is 77.6 Å². The molecule has 3 aliphatic rings. The van der Waals surface area contributed by atoms with Crippen LogP contribution in [-0.4, -0.2) is 38.5 Å². The number of carboxylic acids is 1. The SMILES string of the molecule is CC(C)C[C@H]1N[C@]2(c3ccccc3-n3c2nc2ccccc2c3=O)[C@H]2C(=O)N(c3ccc(C(=O)O)cc3)C(=O)[C@H]12. The standard InChI is InChI=1S/C31H26N4O5/c1-16(2)15-22-24-25(28(38)34(27(24)37)18-13-11-17(12-14-18)29(39)40)31(33-22)20-8-4-6-10-23(20)35-26(36)19-7-3-5-9-21(19)32-30(31)35/h3-14,16,22,24-25,33H,15H2,1-2H3,(H,39,40)/t22-,24-,25-,31-/m1/s1. The Morgan fingerprint density at radius 3 is 2.40 bits per heavy atom. The number of anilines is 1. The van der Waals surface area contributed by atoms with Crippen molar-refractivity contribution in [2.45, 2.75) is 31.8 Å². The zero-order valence-electron chi connectivity index (χ0n) is 21.9. The average molecular weight is 535 g/mol. The summed E-state index contributed by atoms with van der Waals surface area (Å²) in [5, 5.41) is 13.5. The molecule has 0 radical (unpaired) electrons. The summed E-state index contributed by atoms with van der Waals surface area (Å²) >= 11 is 0. The van der Waals surface area contributed by atoms with Gasteiger partial charge in [0.1, 0.15) is 11.4 Å². The van der Waals surface area contributed by atoms with Crippen molar-refractivity contribution in [2.24, 2.45) is 17.8 Å². The van der Waals surface area contributed by atoms with Gasteiger partial charge in [0.15, 0.2) is 0 Å². The molecule has 4 aromatic rings. The summed E-state index contributed by atoms with van der Waals surface area (Å²) in [6.07, 6.45) is 0.633. The number of hydrogen-bond donors (Lipinski definition) is 2. The second-order valence-corrected chi connectivity index (χ2v) is 11.2. The Morgan fingerprint density at radius 2 is 1.68 bits per heavy atom. The van der Waals surface area contributed by atoms with E-state index in [1.54, 1.807) is 22.8 Å². The molecule has 1 aromatic heterocycles. The van der Waals surface area contributed by atoms with Gasteiger partial charge >= 0.3 is 5.97 Å². The highest BCUT2D eigenvalue weighted by atomic mass is 16.4. The van der Waals surface area contributed by atoms with Crippen LogP contribution in [0.25, 0.3) is 16.6 Å². The van der Waals surface area contributed by atoms with E-state index in [-0.39, 0.29) is 29.0 Å². The lowest BCUT2D eigenvalue weighted by molar-refractivity contribution is -0.123. The van der Waals surface area contributed by atoms with Crippen molar-refractivity contribution in [3.63, 3.8) is 0 Å². The minimum absolute atomic E-state index is 0.0629. The number of imide groups is 1. The molecule has 2 saturated heterocycles. The number of para-hydroxylation sites is 2. The Bertz CT molecular complexity index is 1810. The number of aromatic nitrogens is 2. The van der Waals surface area contributed by atoms with E-state index in [4.69, 9.17) is 4.98 Å². The second-order valence-electron chi connectivity index (χ2n) is 11.2. The number of aromatic carboxylic acids is 1. The summed E-state index contributed by atoms with van der Waals surface area (Å²) in [6.45, 7) is 4.14. The maximum Gasteiger partial charge on any atom is 0.335 e. The number of carbonyl (C=O) groups is 3. The lowest BCUT2D eigenvalue weighted by Crippen LogP contribution is -2.50. The van der Waals surface area contributed by atoms with Gasteiger partial charge in [-0.25, -0.2) is 14.7 Å². The largest absolute Gasteiger partial charge is 0.478 e.